The fraction of sp³-hybridized carbons (Fsp3) is 0.167. The first kappa shape index (κ1) is 11.2. The molecule has 0 radical (unpaired) electrons. The van der Waals surface area contributed by atoms with Gasteiger partial charge in [0.1, 0.15) is 5.70 Å². The van der Waals surface area contributed by atoms with Crippen LogP contribution in [0, 0.1) is 0 Å². The SMILES string of the molecule is C=CCN1C(=O)N/C(=C/c2cccn2C)C1=O. The average Bonchev–Trinajstić information content (AvgIpc) is 2.79. The van der Waals surface area contributed by atoms with Gasteiger partial charge < -0.3 is 9.88 Å². The third-order valence-corrected chi connectivity index (χ3v) is 2.55. The van der Waals surface area contributed by atoms with Crippen LogP contribution in [0.1, 0.15) is 5.69 Å². The van der Waals surface area contributed by atoms with Crippen LogP contribution in [0.25, 0.3) is 6.08 Å². The number of carbonyl (C=O) groups excluding carboxylic acids is 2. The Morgan fingerprint density at radius 1 is 1.47 bits per heavy atom. The molecule has 0 bridgehead atoms. The molecule has 0 saturated carbocycles. The molecule has 0 aliphatic carbocycles. The molecule has 1 aliphatic heterocycles. The molecule has 88 valence electrons. The van der Waals surface area contributed by atoms with E-state index in [9.17, 15) is 9.59 Å². The van der Waals surface area contributed by atoms with Gasteiger partial charge in [-0.25, -0.2) is 4.79 Å². The predicted molar refractivity (Wildman–Crippen MR) is 63.8 cm³/mol. The van der Waals surface area contributed by atoms with Crippen LogP contribution in [-0.4, -0.2) is 28.0 Å². The topological polar surface area (TPSA) is 54.3 Å². The highest BCUT2D eigenvalue weighted by atomic mass is 16.2. The average molecular weight is 231 g/mol. The first-order valence-corrected chi connectivity index (χ1v) is 5.20. The molecule has 2 rings (SSSR count). The molecule has 1 aliphatic rings. The highest BCUT2D eigenvalue weighted by Gasteiger charge is 2.32. The summed E-state index contributed by atoms with van der Waals surface area (Å²) in [6, 6.07) is 3.33. The van der Waals surface area contributed by atoms with Crippen molar-refractivity contribution in [2.75, 3.05) is 6.54 Å². The van der Waals surface area contributed by atoms with E-state index < -0.39 is 6.03 Å². The van der Waals surface area contributed by atoms with Crippen LogP contribution in [0.2, 0.25) is 0 Å². The number of aryl methyl sites for hydroxylation is 1. The van der Waals surface area contributed by atoms with Gasteiger partial charge in [0.15, 0.2) is 0 Å². The van der Waals surface area contributed by atoms with E-state index >= 15 is 0 Å². The maximum atomic E-state index is 11.9. The Kier molecular flexibility index (Phi) is 2.82. The van der Waals surface area contributed by atoms with E-state index in [0.717, 1.165) is 10.6 Å². The summed E-state index contributed by atoms with van der Waals surface area (Å²) in [5.74, 6) is -0.323. The Morgan fingerprint density at radius 2 is 2.24 bits per heavy atom. The minimum absolute atomic E-state index is 0.217. The molecule has 0 spiro atoms. The molecule has 0 unspecified atom stereocenters. The Balaban J connectivity index is 2.28. The van der Waals surface area contributed by atoms with Crippen LogP contribution in [0.5, 0.6) is 0 Å². The van der Waals surface area contributed by atoms with Crippen LogP contribution in [0.4, 0.5) is 4.79 Å². The van der Waals surface area contributed by atoms with Gasteiger partial charge in [-0.1, -0.05) is 6.08 Å². The van der Waals surface area contributed by atoms with Gasteiger partial charge in [0.2, 0.25) is 0 Å². The largest absolute Gasteiger partial charge is 0.351 e. The lowest BCUT2D eigenvalue weighted by Crippen LogP contribution is -2.30. The molecular weight excluding hydrogens is 218 g/mol. The minimum atomic E-state index is -0.407. The molecule has 5 heteroatoms. The van der Waals surface area contributed by atoms with Crippen molar-refractivity contribution in [2.24, 2.45) is 7.05 Å². The van der Waals surface area contributed by atoms with Crippen molar-refractivity contribution in [1.29, 1.82) is 0 Å². The summed E-state index contributed by atoms with van der Waals surface area (Å²) in [6.07, 6.45) is 5.04. The number of aromatic nitrogens is 1. The minimum Gasteiger partial charge on any atom is -0.351 e. The van der Waals surface area contributed by atoms with E-state index in [0.29, 0.717) is 5.70 Å². The standard InChI is InChI=1S/C12H13N3O2/c1-3-6-15-11(16)10(13-12(15)17)8-9-5-4-7-14(9)2/h3-5,7-8H,1,6H2,2H3,(H,13,17)/b10-8+. The number of imide groups is 1. The lowest BCUT2D eigenvalue weighted by atomic mass is 10.3. The van der Waals surface area contributed by atoms with E-state index in [1.807, 2.05) is 29.9 Å². The van der Waals surface area contributed by atoms with Crippen LogP contribution in [-0.2, 0) is 11.8 Å². The van der Waals surface area contributed by atoms with Gasteiger partial charge in [0.25, 0.3) is 5.91 Å². The summed E-state index contributed by atoms with van der Waals surface area (Å²) in [7, 11) is 1.87. The van der Waals surface area contributed by atoms with Gasteiger partial charge in [0, 0.05) is 25.5 Å². The van der Waals surface area contributed by atoms with Crippen molar-refractivity contribution in [2.45, 2.75) is 0 Å². The predicted octanol–water partition coefficient (Wildman–Crippen LogP) is 1.10. The number of amides is 3. The number of nitrogens with one attached hydrogen (secondary N) is 1. The second kappa shape index (κ2) is 4.29. The quantitative estimate of drug-likeness (QED) is 0.481. The monoisotopic (exact) mass is 231 g/mol. The van der Waals surface area contributed by atoms with E-state index in [2.05, 4.69) is 11.9 Å². The zero-order valence-electron chi connectivity index (χ0n) is 9.51. The van der Waals surface area contributed by atoms with E-state index in [4.69, 9.17) is 0 Å². The fourth-order valence-corrected chi connectivity index (χ4v) is 1.64. The first-order chi connectivity index (χ1) is 8.13. The highest BCUT2D eigenvalue weighted by molar-refractivity contribution is 6.13. The molecule has 0 aromatic carbocycles. The molecule has 2 heterocycles. The molecule has 1 fully saturated rings. The molecule has 0 atom stereocenters. The third-order valence-electron chi connectivity index (χ3n) is 2.55. The number of rotatable bonds is 3. The summed E-state index contributed by atoms with van der Waals surface area (Å²) in [5, 5.41) is 2.54. The number of hydrogen-bond donors (Lipinski definition) is 1. The normalized spacial score (nSPS) is 17.7. The maximum Gasteiger partial charge on any atom is 0.329 e. The second-order valence-corrected chi connectivity index (χ2v) is 3.74. The lowest BCUT2D eigenvalue weighted by Gasteiger charge is -2.06. The number of urea groups is 1. The summed E-state index contributed by atoms with van der Waals surface area (Å²) < 4.78 is 1.86. The third kappa shape index (κ3) is 1.99. The number of nitrogens with zero attached hydrogens (tertiary/aromatic N) is 2. The Bertz CT molecular complexity index is 514. The molecule has 1 saturated heterocycles. The van der Waals surface area contributed by atoms with Crippen molar-refractivity contribution in [1.82, 2.24) is 14.8 Å². The molecule has 1 aromatic heterocycles. The van der Waals surface area contributed by atoms with Crippen molar-refractivity contribution >= 4 is 18.0 Å². The van der Waals surface area contributed by atoms with Crippen molar-refractivity contribution in [3.8, 4) is 0 Å². The Labute approximate surface area is 99.0 Å². The van der Waals surface area contributed by atoms with Gasteiger partial charge in [0.05, 0.1) is 0 Å². The zero-order chi connectivity index (χ0) is 12.4. The van der Waals surface area contributed by atoms with E-state index in [1.54, 1.807) is 6.08 Å². The molecular formula is C12H13N3O2. The summed E-state index contributed by atoms with van der Waals surface area (Å²) in [4.78, 5) is 24.5. The van der Waals surface area contributed by atoms with Crippen molar-refractivity contribution < 1.29 is 9.59 Å². The van der Waals surface area contributed by atoms with Gasteiger partial charge in [-0.05, 0) is 18.2 Å². The molecule has 3 amide bonds. The van der Waals surface area contributed by atoms with Gasteiger partial charge in [-0.3, -0.25) is 9.69 Å². The molecule has 1 N–H and O–H groups in total. The van der Waals surface area contributed by atoms with Crippen LogP contribution >= 0.6 is 0 Å². The lowest BCUT2D eigenvalue weighted by molar-refractivity contribution is -0.122. The number of hydrogen-bond acceptors (Lipinski definition) is 2. The Hall–Kier alpha value is -2.30. The summed E-state index contributed by atoms with van der Waals surface area (Å²) in [6.45, 7) is 3.73. The van der Waals surface area contributed by atoms with E-state index in [-0.39, 0.29) is 12.5 Å². The van der Waals surface area contributed by atoms with Crippen molar-refractivity contribution in [3.63, 3.8) is 0 Å². The van der Waals surface area contributed by atoms with Crippen LogP contribution < -0.4 is 5.32 Å². The smallest absolute Gasteiger partial charge is 0.329 e. The van der Waals surface area contributed by atoms with Crippen LogP contribution in [0.15, 0.2) is 36.7 Å². The fourth-order valence-electron chi connectivity index (χ4n) is 1.64. The molecule has 17 heavy (non-hydrogen) atoms. The van der Waals surface area contributed by atoms with Gasteiger partial charge in [-0.15, -0.1) is 6.58 Å². The van der Waals surface area contributed by atoms with Crippen molar-refractivity contribution in [3.05, 3.63) is 42.4 Å². The first-order valence-electron chi connectivity index (χ1n) is 5.20. The number of carbonyl (C=O) groups is 2. The second-order valence-electron chi connectivity index (χ2n) is 3.74. The van der Waals surface area contributed by atoms with Gasteiger partial charge in [-0.2, -0.15) is 0 Å². The van der Waals surface area contributed by atoms with E-state index in [1.165, 1.54) is 6.08 Å². The Morgan fingerprint density at radius 3 is 2.82 bits per heavy atom. The van der Waals surface area contributed by atoms with Gasteiger partial charge >= 0.3 is 6.03 Å². The zero-order valence-corrected chi connectivity index (χ0v) is 9.51. The maximum absolute atomic E-state index is 11.9. The summed E-state index contributed by atoms with van der Waals surface area (Å²) in [5.41, 5.74) is 1.15. The summed E-state index contributed by atoms with van der Waals surface area (Å²) >= 11 is 0. The molecule has 5 nitrogen and oxygen atoms in total. The molecule has 1 aromatic rings. The highest BCUT2D eigenvalue weighted by Crippen LogP contribution is 2.13. The van der Waals surface area contributed by atoms with Crippen LogP contribution in [0.3, 0.4) is 0 Å².